The Labute approximate surface area is 286 Å². The Bertz CT molecular complexity index is 2040. The molecule has 0 spiro atoms. The van der Waals surface area contributed by atoms with Crippen LogP contribution in [-0.4, -0.2) is 23.0 Å². The van der Waals surface area contributed by atoms with Gasteiger partial charge in [0.1, 0.15) is 0 Å². The van der Waals surface area contributed by atoms with Gasteiger partial charge < -0.3 is 14.4 Å². The van der Waals surface area contributed by atoms with Crippen LogP contribution in [0, 0.1) is 18.1 Å². The van der Waals surface area contributed by atoms with Crippen molar-refractivity contribution in [1.29, 1.82) is 0 Å². The number of hydrogen-bond acceptors (Lipinski definition) is 4. The van der Waals surface area contributed by atoms with Crippen LogP contribution in [0.1, 0.15) is 19.4 Å². The van der Waals surface area contributed by atoms with Gasteiger partial charge in [-0.05, 0) is 47.1 Å². The second kappa shape index (κ2) is 14.5. The normalized spacial score (nSPS) is 11.3. The van der Waals surface area contributed by atoms with Crippen molar-refractivity contribution >= 4 is 35.3 Å². The predicted octanol–water partition coefficient (Wildman–Crippen LogP) is 9.80. The summed E-state index contributed by atoms with van der Waals surface area (Å²) in [6, 6.07) is 40.9. The molecule has 4 nitrogen and oxygen atoms in total. The van der Waals surface area contributed by atoms with E-state index in [1.165, 1.54) is 10.8 Å². The monoisotopic (exact) mass is 796 g/mol. The molecular weight excluding hydrogens is 759 g/mol. The molecule has 4 aromatic heterocycles. The summed E-state index contributed by atoms with van der Waals surface area (Å²) >= 11 is 0. The second-order valence-electron chi connectivity index (χ2n) is 12.7. The first kappa shape index (κ1) is 33.1. The van der Waals surface area contributed by atoms with E-state index in [1.54, 1.807) is 6.20 Å². The van der Waals surface area contributed by atoms with Crippen LogP contribution in [0.25, 0.3) is 55.8 Å². The molecule has 0 bridgehead atoms. The van der Waals surface area contributed by atoms with Crippen molar-refractivity contribution in [2.45, 2.75) is 39.9 Å². The van der Waals surface area contributed by atoms with Crippen molar-refractivity contribution in [3.8, 4) is 33.8 Å². The standard InChI is InChI=1S/C22H13N2O.C18H24NSi.Ir/c1-2-6-15(7-3-1)20-11-10-17-18-14-16(19-8-4-5-13-23-19)9-12-21(18)25-22(17)24-20;1-14(2)11-16-12-17(15-9-7-6-8-10-15)19-13-18(16)20(3,4)5;/h1-8,10-14H;6-9,12-14H,11H2,1-5H3;/q2*-1;. The molecule has 0 fully saturated rings. The Morgan fingerprint density at radius 1 is 0.739 bits per heavy atom. The van der Waals surface area contributed by atoms with Crippen molar-refractivity contribution in [2.24, 2.45) is 5.92 Å². The Morgan fingerprint density at radius 3 is 2.22 bits per heavy atom. The van der Waals surface area contributed by atoms with Crippen LogP contribution in [0.4, 0.5) is 0 Å². The quantitative estimate of drug-likeness (QED) is 0.124. The van der Waals surface area contributed by atoms with Crippen LogP contribution in [0.15, 0.2) is 120 Å². The van der Waals surface area contributed by atoms with Crippen LogP contribution in [0.2, 0.25) is 19.6 Å². The molecule has 7 aromatic rings. The molecule has 4 heterocycles. The average Bonchev–Trinajstić information content (AvgIpc) is 3.43. The third-order valence-electron chi connectivity index (χ3n) is 7.69. The van der Waals surface area contributed by atoms with E-state index in [1.807, 2.05) is 78.9 Å². The van der Waals surface area contributed by atoms with E-state index >= 15 is 0 Å². The van der Waals surface area contributed by atoms with E-state index in [0.29, 0.717) is 11.6 Å². The number of aromatic nitrogens is 3. The second-order valence-corrected chi connectivity index (χ2v) is 17.7. The number of benzene rings is 3. The van der Waals surface area contributed by atoms with E-state index in [9.17, 15) is 0 Å². The summed E-state index contributed by atoms with van der Waals surface area (Å²) in [4.78, 5) is 13.8. The summed E-state index contributed by atoms with van der Waals surface area (Å²) in [6.45, 7) is 11.7. The number of rotatable bonds is 6. The van der Waals surface area contributed by atoms with E-state index in [-0.39, 0.29) is 20.1 Å². The number of pyridine rings is 3. The number of nitrogens with zero attached hydrogens (tertiary/aromatic N) is 3. The van der Waals surface area contributed by atoms with Crippen molar-refractivity contribution < 1.29 is 24.5 Å². The van der Waals surface area contributed by atoms with Gasteiger partial charge in [-0.25, -0.2) is 4.98 Å². The largest absolute Gasteiger partial charge is 0.486 e. The average molecular weight is 796 g/mol. The summed E-state index contributed by atoms with van der Waals surface area (Å²) in [5.41, 5.74) is 8.85. The Hall–Kier alpha value is -4.22. The summed E-state index contributed by atoms with van der Waals surface area (Å²) in [5.74, 6) is 0.667. The first-order chi connectivity index (χ1) is 21.8. The van der Waals surface area contributed by atoms with Crippen molar-refractivity contribution in [2.75, 3.05) is 0 Å². The number of furan rings is 1. The van der Waals surface area contributed by atoms with Crippen molar-refractivity contribution in [1.82, 2.24) is 15.0 Å². The van der Waals surface area contributed by atoms with Crippen LogP contribution in [0.3, 0.4) is 0 Å². The maximum atomic E-state index is 5.94. The molecule has 1 radical (unpaired) electrons. The summed E-state index contributed by atoms with van der Waals surface area (Å²) in [6.07, 6.45) is 5.02. The van der Waals surface area contributed by atoms with E-state index < -0.39 is 8.07 Å². The van der Waals surface area contributed by atoms with Crippen molar-refractivity contribution in [3.05, 3.63) is 133 Å². The van der Waals surface area contributed by atoms with Crippen LogP contribution in [0.5, 0.6) is 0 Å². The Balaban J connectivity index is 0.000000182. The molecule has 46 heavy (non-hydrogen) atoms. The summed E-state index contributed by atoms with van der Waals surface area (Å²) < 4.78 is 5.94. The van der Waals surface area contributed by atoms with E-state index in [0.717, 1.165) is 56.5 Å². The van der Waals surface area contributed by atoms with Gasteiger partial charge in [0.25, 0.3) is 0 Å². The minimum absolute atomic E-state index is 0. The zero-order valence-electron chi connectivity index (χ0n) is 26.8. The summed E-state index contributed by atoms with van der Waals surface area (Å²) in [7, 11) is -1.34. The molecule has 0 N–H and O–H groups in total. The zero-order valence-corrected chi connectivity index (χ0v) is 30.2. The fourth-order valence-corrected chi connectivity index (χ4v) is 7.11. The first-order valence-corrected chi connectivity index (χ1v) is 18.9. The number of fused-ring (bicyclic) bond motifs is 3. The van der Waals surface area contributed by atoms with Crippen LogP contribution >= 0.6 is 0 Å². The van der Waals surface area contributed by atoms with Gasteiger partial charge in [0.15, 0.2) is 0 Å². The molecule has 0 aliphatic heterocycles. The topological polar surface area (TPSA) is 51.8 Å². The van der Waals surface area contributed by atoms with Gasteiger partial charge >= 0.3 is 0 Å². The Morgan fingerprint density at radius 2 is 1.52 bits per heavy atom. The molecular formula is C40H37IrN3OSi-2. The molecule has 0 saturated heterocycles. The fraction of sp³-hybridized carbons (Fsp3) is 0.175. The third-order valence-corrected chi connectivity index (χ3v) is 9.76. The Kier molecular flexibility index (Phi) is 10.4. The van der Waals surface area contributed by atoms with Gasteiger partial charge in [0.05, 0.1) is 19.4 Å². The zero-order chi connectivity index (χ0) is 31.4. The molecule has 0 atom stereocenters. The van der Waals surface area contributed by atoms with Gasteiger partial charge in [0, 0.05) is 43.4 Å². The number of hydrogen-bond donors (Lipinski definition) is 0. The van der Waals surface area contributed by atoms with E-state index in [2.05, 4.69) is 91.0 Å². The molecule has 7 rings (SSSR count). The van der Waals surface area contributed by atoms with Gasteiger partial charge in [-0.1, -0.05) is 93.0 Å². The maximum Gasteiger partial charge on any atom is 0.216 e. The minimum atomic E-state index is -1.34. The maximum absolute atomic E-state index is 5.94. The molecule has 0 aliphatic rings. The smallest absolute Gasteiger partial charge is 0.216 e. The molecule has 3 aromatic carbocycles. The minimum Gasteiger partial charge on any atom is -0.486 e. The van der Waals surface area contributed by atoms with E-state index in [4.69, 9.17) is 4.42 Å². The molecule has 0 amide bonds. The van der Waals surface area contributed by atoms with Gasteiger partial charge in [0.2, 0.25) is 5.71 Å². The molecule has 6 heteroatoms. The fourth-order valence-electron chi connectivity index (χ4n) is 5.52. The third kappa shape index (κ3) is 7.59. The van der Waals surface area contributed by atoms with Crippen molar-refractivity contribution in [3.63, 3.8) is 0 Å². The van der Waals surface area contributed by atoms with Gasteiger partial charge in [-0.15, -0.1) is 59.7 Å². The van der Waals surface area contributed by atoms with Gasteiger partial charge in [-0.3, -0.25) is 0 Å². The SMILES string of the molecule is CC(C)Cc1cc(-c2[c-]cccc2)ncc1[Si](C)(C)C.[Ir].[c-]1cc2oc3nc(-c4ccccc4)ccc3c2cc1-c1ccccn1. The molecule has 0 saturated carbocycles. The first-order valence-electron chi connectivity index (χ1n) is 15.4. The molecule has 0 aliphatic carbocycles. The predicted molar refractivity (Wildman–Crippen MR) is 189 cm³/mol. The van der Waals surface area contributed by atoms with Crippen LogP contribution in [-0.2, 0) is 26.5 Å². The van der Waals surface area contributed by atoms with Crippen LogP contribution < -0.4 is 5.19 Å². The summed E-state index contributed by atoms with van der Waals surface area (Å²) in [5, 5.41) is 3.52. The molecule has 0 unspecified atom stereocenters. The van der Waals surface area contributed by atoms with Gasteiger partial charge in [-0.2, -0.15) is 0 Å². The molecule has 233 valence electrons.